The summed E-state index contributed by atoms with van der Waals surface area (Å²) in [6, 6.07) is 15.8. The van der Waals surface area contributed by atoms with Crippen LogP contribution in [0, 0.1) is 6.92 Å². The summed E-state index contributed by atoms with van der Waals surface area (Å²) in [5.41, 5.74) is 3.92. The van der Waals surface area contributed by atoms with E-state index in [0.717, 1.165) is 37.6 Å². The summed E-state index contributed by atoms with van der Waals surface area (Å²) in [6.07, 6.45) is 3.50. The minimum absolute atomic E-state index is 0.0280. The molecule has 0 atom stereocenters. The van der Waals surface area contributed by atoms with Crippen molar-refractivity contribution in [3.63, 3.8) is 0 Å². The van der Waals surface area contributed by atoms with Crippen molar-refractivity contribution < 1.29 is 9.84 Å². The van der Waals surface area contributed by atoms with Gasteiger partial charge in [0, 0.05) is 32.0 Å². The number of ether oxygens (including phenoxy) is 1. The lowest BCUT2D eigenvalue weighted by atomic mass is 10.2. The third-order valence-corrected chi connectivity index (χ3v) is 6.05. The third-order valence-electron chi connectivity index (χ3n) is 4.60. The Bertz CT molecular complexity index is 1160. The second-order valence-corrected chi connectivity index (χ2v) is 7.92. The van der Waals surface area contributed by atoms with Crippen molar-refractivity contribution in [2.45, 2.75) is 23.3 Å². The van der Waals surface area contributed by atoms with Gasteiger partial charge in [-0.2, -0.15) is 0 Å². The molecule has 4 aromatic rings. The Morgan fingerprint density at radius 2 is 2.00 bits per heavy atom. The number of rotatable bonds is 5. The van der Waals surface area contributed by atoms with Gasteiger partial charge in [-0.25, -0.2) is 0 Å². The molecule has 4 nitrogen and oxygen atoms in total. The van der Waals surface area contributed by atoms with Gasteiger partial charge in [-0.15, -0.1) is 0 Å². The summed E-state index contributed by atoms with van der Waals surface area (Å²) < 4.78 is 7.50. The van der Waals surface area contributed by atoms with Gasteiger partial charge in [0.2, 0.25) is 0 Å². The Morgan fingerprint density at radius 1 is 1.14 bits per heavy atom. The first kappa shape index (κ1) is 18.9. The number of aliphatic hydroxyl groups is 1. The number of nitrogens with zero attached hydrogens (tertiary/aromatic N) is 2. The van der Waals surface area contributed by atoms with E-state index in [-0.39, 0.29) is 6.61 Å². The van der Waals surface area contributed by atoms with E-state index < -0.39 is 0 Å². The first-order valence-corrected chi connectivity index (χ1v) is 9.98. The van der Waals surface area contributed by atoms with Gasteiger partial charge in [0.15, 0.2) is 0 Å². The number of aromatic nitrogens is 2. The summed E-state index contributed by atoms with van der Waals surface area (Å²) in [4.78, 5) is 6.52. The lowest BCUT2D eigenvalue weighted by molar-refractivity contribution is 0.281. The number of fused-ring (bicyclic) bond motifs is 1. The molecule has 4 rings (SSSR count). The lowest BCUT2D eigenvalue weighted by Crippen LogP contribution is -1.98. The van der Waals surface area contributed by atoms with Gasteiger partial charge >= 0.3 is 0 Å². The maximum absolute atomic E-state index is 9.44. The van der Waals surface area contributed by atoms with Crippen molar-refractivity contribution >= 4 is 34.3 Å². The van der Waals surface area contributed by atoms with Crippen molar-refractivity contribution in [1.29, 1.82) is 0 Å². The zero-order chi connectivity index (χ0) is 19.7. The Kier molecular flexibility index (Phi) is 5.31. The van der Waals surface area contributed by atoms with Gasteiger partial charge in [0.25, 0.3) is 0 Å². The molecule has 1 N–H and O–H groups in total. The fraction of sp³-hybridized carbons (Fsp3) is 0.136. The number of halogens is 1. The van der Waals surface area contributed by atoms with E-state index in [9.17, 15) is 5.11 Å². The highest BCUT2D eigenvalue weighted by Gasteiger charge is 2.17. The Hall–Kier alpha value is -2.47. The highest BCUT2D eigenvalue weighted by atomic mass is 35.5. The van der Waals surface area contributed by atoms with Crippen LogP contribution in [0.1, 0.15) is 11.3 Å². The van der Waals surface area contributed by atoms with E-state index in [4.69, 9.17) is 16.3 Å². The minimum Gasteiger partial charge on any atom is -0.495 e. The summed E-state index contributed by atoms with van der Waals surface area (Å²) in [5, 5.41) is 11.2. The quantitative estimate of drug-likeness (QED) is 0.462. The van der Waals surface area contributed by atoms with Crippen LogP contribution in [0.4, 0.5) is 0 Å². The average Bonchev–Trinajstić information content (AvgIpc) is 2.99. The molecule has 0 spiro atoms. The normalized spacial score (nSPS) is 11.1. The van der Waals surface area contributed by atoms with Gasteiger partial charge < -0.3 is 14.4 Å². The topological polar surface area (TPSA) is 47.3 Å². The van der Waals surface area contributed by atoms with Gasteiger partial charge in [-0.1, -0.05) is 41.6 Å². The number of methoxy groups -OCH3 is 1. The van der Waals surface area contributed by atoms with Crippen LogP contribution >= 0.6 is 23.4 Å². The van der Waals surface area contributed by atoms with Crippen LogP contribution in [-0.4, -0.2) is 21.8 Å². The van der Waals surface area contributed by atoms with Crippen LogP contribution in [0.2, 0.25) is 5.02 Å². The second-order valence-electron chi connectivity index (χ2n) is 6.40. The molecule has 0 amide bonds. The molecule has 0 aliphatic carbocycles. The zero-order valence-corrected chi connectivity index (χ0v) is 17.1. The monoisotopic (exact) mass is 410 g/mol. The van der Waals surface area contributed by atoms with Crippen molar-refractivity contribution in [3.05, 3.63) is 77.2 Å². The van der Waals surface area contributed by atoms with E-state index in [1.165, 1.54) is 0 Å². The van der Waals surface area contributed by atoms with Crippen LogP contribution in [-0.2, 0) is 6.61 Å². The first-order valence-electron chi connectivity index (χ1n) is 8.78. The number of aliphatic hydroxyl groups excluding tert-OH is 1. The van der Waals surface area contributed by atoms with Crippen LogP contribution in [0.15, 0.2) is 70.7 Å². The van der Waals surface area contributed by atoms with Gasteiger partial charge in [-0.3, -0.25) is 4.98 Å². The Labute approximate surface area is 172 Å². The van der Waals surface area contributed by atoms with E-state index in [1.54, 1.807) is 25.1 Å². The summed E-state index contributed by atoms with van der Waals surface area (Å²) >= 11 is 7.99. The van der Waals surface area contributed by atoms with E-state index in [1.807, 2.05) is 48.7 Å². The number of hydrogen-bond acceptors (Lipinski definition) is 4. The van der Waals surface area contributed by atoms with Crippen molar-refractivity contribution in [2.24, 2.45) is 0 Å². The van der Waals surface area contributed by atoms with Gasteiger partial charge in [-0.05, 0) is 36.8 Å². The maximum atomic E-state index is 9.44. The first-order chi connectivity index (χ1) is 13.6. The summed E-state index contributed by atoms with van der Waals surface area (Å²) in [7, 11) is 1.63. The molecule has 2 aromatic heterocycles. The zero-order valence-electron chi connectivity index (χ0n) is 15.5. The van der Waals surface area contributed by atoms with Crippen molar-refractivity contribution in [1.82, 2.24) is 9.55 Å². The van der Waals surface area contributed by atoms with Gasteiger partial charge in [0.1, 0.15) is 5.75 Å². The molecule has 0 aliphatic rings. The minimum atomic E-state index is 0.0280. The molecular weight excluding hydrogens is 392 g/mol. The Morgan fingerprint density at radius 3 is 2.79 bits per heavy atom. The maximum Gasteiger partial charge on any atom is 0.139 e. The number of benzene rings is 2. The molecule has 0 fully saturated rings. The lowest BCUT2D eigenvalue weighted by Gasteiger charge is -2.10. The fourth-order valence-corrected chi connectivity index (χ4v) is 4.57. The van der Waals surface area contributed by atoms with Gasteiger partial charge in [0.05, 0.1) is 37.3 Å². The summed E-state index contributed by atoms with van der Waals surface area (Å²) in [6.45, 7) is 2.12. The fourth-order valence-electron chi connectivity index (χ4n) is 3.29. The molecule has 142 valence electrons. The smallest absolute Gasteiger partial charge is 0.139 e. The van der Waals surface area contributed by atoms with Crippen molar-refractivity contribution in [2.75, 3.05) is 7.11 Å². The van der Waals surface area contributed by atoms with Crippen LogP contribution in [0.25, 0.3) is 16.6 Å². The van der Waals surface area contributed by atoms with Crippen molar-refractivity contribution in [3.8, 4) is 11.4 Å². The molecule has 6 heteroatoms. The predicted molar refractivity (Wildman–Crippen MR) is 114 cm³/mol. The molecule has 2 heterocycles. The van der Waals surface area contributed by atoms with E-state index in [0.29, 0.717) is 10.8 Å². The number of hydrogen-bond donors (Lipinski definition) is 1. The van der Waals surface area contributed by atoms with Crippen LogP contribution in [0.3, 0.4) is 0 Å². The Balaban J connectivity index is 1.91. The number of pyridine rings is 1. The molecule has 0 unspecified atom stereocenters. The third kappa shape index (κ3) is 3.49. The second kappa shape index (κ2) is 7.87. The highest BCUT2D eigenvalue weighted by molar-refractivity contribution is 7.99. The molecule has 0 aliphatic heterocycles. The molecule has 0 radical (unpaired) electrons. The molecule has 0 saturated heterocycles. The van der Waals surface area contributed by atoms with Crippen LogP contribution in [0.5, 0.6) is 5.75 Å². The molecule has 0 saturated carbocycles. The molecule has 28 heavy (non-hydrogen) atoms. The van der Waals surface area contributed by atoms with E-state index >= 15 is 0 Å². The molecule has 0 bridgehead atoms. The highest BCUT2D eigenvalue weighted by Crippen LogP contribution is 2.40. The standard InChI is InChI=1S/C22H19ClN2O2S/c1-14-22(28-19-5-3-4-15(8-19)13-26)20-7-6-16(23)9-21(20)25(14)17-10-18(27-2)12-24-11-17/h3-12,26H,13H2,1-2H3. The predicted octanol–water partition coefficient (Wildman–Crippen LogP) is 5.64. The molecule has 2 aromatic carbocycles. The molecular formula is C22H19ClN2O2S. The average molecular weight is 411 g/mol. The summed E-state index contributed by atoms with van der Waals surface area (Å²) in [5.74, 6) is 0.700. The van der Waals surface area contributed by atoms with E-state index in [2.05, 4.69) is 22.5 Å². The van der Waals surface area contributed by atoms with Crippen LogP contribution < -0.4 is 4.74 Å². The largest absolute Gasteiger partial charge is 0.495 e. The SMILES string of the molecule is COc1cncc(-n2c(C)c(Sc3cccc(CO)c3)c3ccc(Cl)cc32)c1.